The SMILES string of the molecule is COc1ccc(-c2c(C)c3cc(OS(=O)(=O)c4ccc(C)cc4)c(OC)cc3n2S(=O)(=O)c2ccccc2)cc1OC. The van der Waals surface area contributed by atoms with E-state index in [-0.39, 0.29) is 26.8 Å². The first-order chi connectivity index (χ1) is 20.0. The zero-order valence-corrected chi connectivity index (χ0v) is 25.2. The molecule has 42 heavy (non-hydrogen) atoms. The number of rotatable bonds is 9. The number of aryl methyl sites for hydroxylation is 2. The first-order valence-corrected chi connectivity index (χ1v) is 15.6. The van der Waals surface area contributed by atoms with Crippen LogP contribution in [0.3, 0.4) is 0 Å². The van der Waals surface area contributed by atoms with E-state index in [1.807, 2.05) is 6.92 Å². The van der Waals surface area contributed by atoms with Crippen LogP contribution < -0.4 is 18.4 Å². The van der Waals surface area contributed by atoms with E-state index in [0.717, 1.165) is 5.56 Å². The smallest absolute Gasteiger partial charge is 0.339 e. The van der Waals surface area contributed by atoms with Crippen LogP contribution in [0.25, 0.3) is 22.2 Å². The Morgan fingerprint density at radius 1 is 0.619 bits per heavy atom. The minimum atomic E-state index is -4.22. The van der Waals surface area contributed by atoms with Crippen molar-refractivity contribution in [3.8, 4) is 34.3 Å². The van der Waals surface area contributed by atoms with Gasteiger partial charge in [-0.15, -0.1) is 0 Å². The van der Waals surface area contributed by atoms with Crippen molar-refractivity contribution in [1.29, 1.82) is 0 Å². The molecule has 4 aromatic carbocycles. The summed E-state index contributed by atoms with van der Waals surface area (Å²) in [7, 11) is -4.01. The molecule has 5 rings (SSSR count). The normalized spacial score (nSPS) is 11.8. The van der Waals surface area contributed by atoms with Crippen molar-refractivity contribution in [3.63, 3.8) is 0 Å². The van der Waals surface area contributed by atoms with Gasteiger partial charge in [-0.3, -0.25) is 0 Å². The maximum atomic E-state index is 14.2. The van der Waals surface area contributed by atoms with Gasteiger partial charge in [0.05, 0.1) is 37.4 Å². The standard InChI is InChI=1S/C31H29NO8S2/c1-20-11-14-24(15-12-20)42(35,36)40-30-18-25-21(2)31(22-13-16-27(37-3)28(17-22)38-4)32(26(25)19-29(30)39-5)41(33,34)23-9-7-6-8-10-23/h6-19H,1-5H3. The monoisotopic (exact) mass is 607 g/mol. The van der Waals surface area contributed by atoms with Crippen LogP contribution in [0.4, 0.5) is 0 Å². The summed E-state index contributed by atoms with van der Waals surface area (Å²) < 4.78 is 77.9. The maximum absolute atomic E-state index is 14.2. The average Bonchev–Trinajstić information content (AvgIpc) is 3.28. The van der Waals surface area contributed by atoms with Gasteiger partial charge in [0.15, 0.2) is 23.0 Å². The van der Waals surface area contributed by atoms with Gasteiger partial charge in [0.1, 0.15) is 4.90 Å². The quantitative estimate of drug-likeness (QED) is 0.189. The fourth-order valence-corrected chi connectivity index (χ4v) is 7.32. The molecule has 0 atom stereocenters. The van der Waals surface area contributed by atoms with E-state index < -0.39 is 20.1 Å². The molecule has 0 radical (unpaired) electrons. The number of nitrogens with zero attached hydrogens (tertiary/aromatic N) is 1. The summed E-state index contributed by atoms with van der Waals surface area (Å²) in [6, 6.07) is 22.4. The minimum absolute atomic E-state index is 0.0257. The van der Waals surface area contributed by atoms with E-state index in [4.69, 9.17) is 18.4 Å². The van der Waals surface area contributed by atoms with E-state index in [1.165, 1.54) is 61.7 Å². The predicted molar refractivity (Wildman–Crippen MR) is 160 cm³/mol. The van der Waals surface area contributed by atoms with E-state index in [0.29, 0.717) is 33.7 Å². The van der Waals surface area contributed by atoms with E-state index in [2.05, 4.69) is 0 Å². The van der Waals surface area contributed by atoms with Gasteiger partial charge in [-0.1, -0.05) is 35.9 Å². The van der Waals surface area contributed by atoms with Gasteiger partial charge in [-0.25, -0.2) is 12.4 Å². The van der Waals surface area contributed by atoms with Crippen molar-refractivity contribution in [2.24, 2.45) is 0 Å². The molecular weight excluding hydrogens is 578 g/mol. The molecule has 1 aromatic heterocycles. The molecule has 11 heteroatoms. The molecule has 0 saturated carbocycles. The zero-order valence-electron chi connectivity index (χ0n) is 23.6. The summed E-state index contributed by atoms with van der Waals surface area (Å²) in [5.41, 5.74) is 2.63. The van der Waals surface area contributed by atoms with Crippen LogP contribution in [0, 0.1) is 13.8 Å². The topological polar surface area (TPSA) is 110 Å². The largest absolute Gasteiger partial charge is 0.493 e. The van der Waals surface area contributed by atoms with Crippen LogP contribution >= 0.6 is 0 Å². The van der Waals surface area contributed by atoms with Crippen LogP contribution in [0.5, 0.6) is 23.0 Å². The minimum Gasteiger partial charge on any atom is -0.493 e. The molecule has 0 aliphatic carbocycles. The van der Waals surface area contributed by atoms with Crippen molar-refractivity contribution >= 4 is 31.0 Å². The average molecular weight is 608 g/mol. The third kappa shape index (κ3) is 5.05. The van der Waals surface area contributed by atoms with Crippen LogP contribution in [-0.4, -0.2) is 42.1 Å². The van der Waals surface area contributed by atoms with Crippen molar-refractivity contribution in [1.82, 2.24) is 3.97 Å². The second kappa shape index (κ2) is 11.1. The number of ether oxygens (including phenoxy) is 3. The predicted octanol–water partition coefficient (Wildman–Crippen LogP) is 5.96. The molecule has 0 N–H and O–H groups in total. The molecule has 0 unspecified atom stereocenters. The first-order valence-electron chi connectivity index (χ1n) is 12.8. The van der Waals surface area contributed by atoms with E-state index in [1.54, 1.807) is 55.5 Å². The van der Waals surface area contributed by atoms with Gasteiger partial charge >= 0.3 is 10.1 Å². The van der Waals surface area contributed by atoms with Gasteiger partial charge in [0, 0.05) is 17.0 Å². The molecule has 5 aromatic rings. The van der Waals surface area contributed by atoms with Crippen molar-refractivity contribution in [2.75, 3.05) is 21.3 Å². The van der Waals surface area contributed by atoms with E-state index in [9.17, 15) is 16.8 Å². The summed E-state index contributed by atoms with van der Waals surface area (Å²) in [5, 5.41) is 0.453. The lowest BCUT2D eigenvalue weighted by atomic mass is 10.1. The molecule has 0 aliphatic rings. The molecule has 9 nitrogen and oxygen atoms in total. The second-order valence-electron chi connectivity index (χ2n) is 9.50. The highest BCUT2D eigenvalue weighted by atomic mass is 32.2. The van der Waals surface area contributed by atoms with Crippen molar-refractivity contribution in [3.05, 3.63) is 96.1 Å². The van der Waals surface area contributed by atoms with E-state index >= 15 is 0 Å². The molecular formula is C31H29NO8S2. The molecule has 0 aliphatic heterocycles. The van der Waals surface area contributed by atoms with Gasteiger partial charge in [-0.05, 0) is 67.9 Å². The number of benzene rings is 4. The Kier molecular flexibility index (Phi) is 7.65. The highest BCUT2D eigenvalue weighted by Gasteiger charge is 2.29. The third-order valence-electron chi connectivity index (χ3n) is 6.91. The molecule has 0 amide bonds. The fraction of sp³-hybridized carbons (Fsp3) is 0.161. The number of aromatic nitrogens is 1. The van der Waals surface area contributed by atoms with Crippen LogP contribution in [0.15, 0.2) is 94.7 Å². The highest BCUT2D eigenvalue weighted by molar-refractivity contribution is 7.90. The van der Waals surface area contributed by atoms with Crippen LogP contribution in [0.2, 0.25) is 0 Å². The van der Waals surface area contributed by atoms with Gasteiger partial charge < -0.3 is 18.4 Å². The lowest BCUT2D eigenvalue weighted by molar-refractivity contribution is 0.355. The Morgan fingerprint density at radius 3 is 1.86 bits per heavy atom. The molecule has 0 fully saturated rings. The lowest BCUT2D eigenvalue weighted by Gasteiger charge is -2.15. The Morgan fingerprint density at radius 2 is 1.24 bits per heavy atom. The summed E-state index contributed by atoms with van der Waals surface area (Å²) in [6.07, 6.45) is 0. The fourth-order valence-electron chi connectivity index (χ4n) is 4.78. The Balaban J connectivity index is 1.80. The summed E-state index contributed by atoms with van der Waals surface area (Å²) in [5.74, 6) is 0.848. The Bertz CT molecular complexity index is 2000. The van der Waals surface area contributed by atoms with Crippen LogP contribution in [-0.2, 0) is 20.1 Å². The van der Waals surface area contributed by atoms with Gasteiger partial charge in [0.2, 0.25) is 0 Å². The Hall–Kier alpha value is -4.48. The number of methoxy groups -OCH3 is 3. The maximum Gasteiger partial charge on any atom is 0.339 e. The summed E-state index contributed by atoms with van der Waals surface area (Å²) >= 11 is 0. The molecule has 0 bridgehead atoms. The molecule has 0 saturated heterocycles. The summed E-state index contributed by atoms with van der Waals surface area (Å²) in [4.78, 5) is 0.0482. The number of fused-ring (bicyclic) bond motifs is 1. The van der Waals surface area contributed by atoms with Crippen molar-refractivity contribution < 1.29 is 35.2 Å². The number of hydrogen-bond acceptors (Lipinski definition) is 8. The van der Waals surface area contributed by atoms with Crippen molar-refractivity contribution in [2.45, 2.75) is 23.6 Å². The number of hydrogen-bond donors (Lipinski definition) is 0. The first kappa shape index (κ1) is 29.0. The molecule has 218 valence electrons. The van der Waals surface area contributed by atoms with Gasteiger partial charge in [-0.2, -0.15) is 8.42 Å². The second-order valence-corrected chi connectivity index (χ2v) is 12.8. The van der Waals surface area contributed by atoms with Crippen LogP contribution in [0.1, 0.15) is 11.1 Å². The molecule has 0 spiro atoms. The molecule has 1 heterocycles. The highest BCUT2D eigenvalue weighted by Crippen LogP contribution is 2.43. The zero-order chi connectivity index (χ0) is 30.2. The lowest BCUT2D eigenvalue weighted by Crippen LogP contribution is -2.14. The summed E-state index contributed by atoms with van der Waals surface area (Å²) in [6.45, 7) is 3.61. The van der Waals surface area contributed by atoms with Gasteiger partial charge in [0.25, 0.3) is 10.0 Å². The third-order valence-corrected chi connectivity index (χ3v) is 9.89. The Labute approximate surface area is 245 Å².